The van der Waals surface area contributed by atoms with Crippen LogP contribution < -0.4 is 10.6 Å². The van der Waals surface area contributed by atoms with E-state index in [9.17, 15) is 9.59 Å². The molecule has 0 bridgehead atoms. The van der Waals surface area contributed by atoms with E-state index >= 15 is 0 Å². The van der Waals surface area contributed by atoms with Crippen LogP contribution in [0, 0.1) is 0 Å². The van der Waals surface area contributed by atoms with Gasteiger partial charge >= 0.3 is 0 Å². The molecule has 0 radical (unpaired) electrons. The SMILES string of the molecule is O=C(C[C@H]1C(=O)Nc2ncnn21)Nc1ccc(Cl)c(Cl)c1. The number of nitrogens with zero attached hydrogens (tertiary/aromatic N) is 3. The summed E-state index contributed by atoms with van der Waals surface area (Å²) in [6, 6.07) is 4.04. The Bertz CT molecular complexity index is 730. The average Bonchev–Trinajstić information content (AvgIpc) is 2.97. The molecule has 0 spiro atoms. The number of carbonyl (C=O) groups excluding carboxylic acids is 2. The van der Waals surface area contributed by atoms with Crippen molar-refractivity contribution in [2.24, 2.45) is 0 Å². The molecule has 9 heteroatoms. The second kappa shape index (κ2) is 5.34. The largest absolute Gasteiger partial charge is 0.326 e. The van der Waals surface area contributed by atoms with Crippen LogP contribution in [0.25, 0.3) is 0 Å². The number of hydrogen-bond donors (Lipinski definition) is 2. The Kier molecular flexibility index (Phi) is 3.52. The molecule has 1 aromatic heterocycles. The zero-order chi connectivity index (χ0) is 15.0. The first-order valence-electron chi connectivity index (χ1n) is 6.00. The highest BCUT2D eigenvalue weighted by Gasteiger charge is 2.33. The van der Waals surface area contributed by atoms with Crippen LogP contribution in [0.5, 0.6) is 0 Å². The van der Waals surface area contributed by atoms with E-state index in [1.807, 2.05) is 0 Å². The number of fused-ring (bicyclic) bond motifs is 1. The Morgan fingerprint density at radius 2 is 2.19 bits per heavy atom. The molecule has 108 valence electrons. The summed E-state index contributed by atoms with van der Waals surface area (Å²) in [6.45, 7) is 0. The van der Waals surface area contributed by atoms with Crippen LogP contribution in [-0.4, -0.2) is 26.6 Å². The number of rotatable bonds is 3. The highest BCUT2D eigenvalue weighted by molar-refractivity contribution is 6.42. The predicted molar refractivity (Wildman–Crippen MR) is 77.4 cm³/mol. The Morgan fingerprint density at radius 3 is 2.95 bits per heavy atom. The maximum absolute atomic E-state index is 12.0. The maximum Gasteiger partial charge on any atom is 0.252 e. The summed E-state index contributed by atoms with van der Waals surface area (Å²) in [7, 11) is 0. The van der Waals surface area contributed by atoms with E-state index in [1.165, 1.54) is 17.1 Å². The van der Waals surface area contributed by atoms with Gasteiger partial charge in [0.15, 0.2) is 0 Å². The molecule has 1 aromatic carbocycles. The first kappa shape index (κ1) is 13.8. The lowest BCUT2D eigenvalue weighted by Crippen LogP contribution is -2.23. The van der Waals surface area contributed by atoms with E-state index in [2.05, 4.69) is 20.7 Å². The van der Waals surface area contributed by atoms with E-state index in [0.717, 1.165) is 0 Å². The van der Waals surface area contributed by atoms with Crippen molar-refractivity contribution in [3.8, 4) is 0 Å². The summed E-state index contributed by atoms with van der Waals surface area (Å²) in [6.07, 6.45) is 1.26. The topological polar surface area (TPSA) is 88.9 Å². The first-order valence-corrected chi connectivity index (χ1v) is 6.75. The van der Waals surface area contributed by atoms with Crippen LogP contribution in [0.1, 0.15) is 12.5 Å². The minimum atomic E-state index is -0.703. The van der Waals surface area contributed by atoms with Gasteiger partial charge in [-0.3, -0.25) is 14.9 Å². The molecule has 1 atom stereocenters. The molecule has 1 aliphatic rings. The van der Waals surface area contributed by atoms with Crippen LogP contribution >= 0.6 is 23.2 Å². The van der Waals surface area contributed by atoms with Crippen LogP contribution in [0.3, 0.4) is 0 Å². The number of nitrogens with one attached hydrogen (secondary N) is 2. The Hall–Kier alpha value is -2.12. The summed E-state index contributed by atoms with van der Waals surface area (Å²) < 4.78 is 1.39. The third kappa shape index (κ3) is 2.70. The molecule has 2 aromatic rings. The van der Waals surface area contributed by atoms with Crippen LogP contribution in [0.15, 0.2) is 24.5 Å². The van der Waals surface area contributed by atoms with Crippen molar-refractivity contribution >= 4 is 46.7 Å². The Balaban J connectivity index is 1.70. The summed E-state index contributed by atoms with van der Waals surface area (Å²) in [5.74, 6) is -0.306. The number of amides is 2. The van der Waals surface area contributed by atoms with Crippen LogP contribution in [0.2, 0.25) is 10.0 Å². The fourth-order valence-corrected chi connectivity index (χ4v) is 2.31. The van der Waals surface area contributed by atoms with Gasteiger partial charge in [0.1, 0.15) is 12.4 Å². The minimum Gasteiger partial charge on any atom is -0.326 e. The molecule has 0 fully saturated rings. The highest BCUT2D eigenvalue weighted by Crippen LogP contribution is 2.27. The van der Waals surface area contributed by atoms with Crippen molar-refractivity contribution < 1.29 is 9.59 Å². The number of benzene rings is 1. The summed E-state index contributed by atoms with van der Waals surface area (Å²) >= 11 is 11.7. The van der Waals surface area contributed by atoms with E-state index in [-0.39, 0.29) is 18.2 Å². The average molecular weight is 326 g/mol. The molecule has 0 saturated heterocycles. The molecule has 2 heterocycles. The normalized spacial score (nSPS) is 16.5. The molecular weight excluding hydrogens is 317 g/mol. The summed E-state index contributed by atoms with van der Waals surface area (Å²) in [5, 5.41) is 9.86. The fraction of sp³-hybridized carbons (Fsp3) is 0.167. The van der Waals surface area contributed by atoms with Crippen molar-refractivity contribution in [2.75, 3.05) is 10.6 Å². The lowest BCUT2D eigenvalue weighted by Gasteiger charge is -2.10. The van der Waals surface area contributed by atoms with Gasteiger partial charge in [0.05, 0.1) is 16.5 Å². The molecule has 0 aliphatic carbocycles. The van der Waals surface area contributed by atoms with Crippen molar-refractivity contribution in [1.29, 1.82) is 0 Å². The molecule has 7 nitrogen and oxygen atoms in total. The molecule has 2 N–H and O–H groups in total. The molecule has 2 amide bonds. The van der Waals surface area contributed by atoms with Gasteiger partial charge in [-0.05, 0) is 18.2 Å². The van der Waals surface area contributed by atoms with Crippen molar-refractivity contribution in [3.63, 3.8) is 0 Å². The van der Waals surface area contributed by atoms with Gasteiger partial charge in [0.2, 0.25) is 11.9 Å². The van der Waals surface area contributed by atoms with Gasteiger partial charge < -0.3 is 5.32 Å². The molecule has 21 heavy (non-hydrogen) atoms. The van der Waals surface area contributed by atoms with E-state index in [1.54, 1.807) is 12.1 Å². The number of carbonyl (C=O) groups is 2. The van der Waals surface area contributed by atoms with Crippen molar-refractivity contribution in [2.45, 2.75) is 12.5 Å². The maximum atomic E-state index is 12.0. The Labute approximate surface area is 129 Å². The molecule has 3 rings (SSSR count). The number of halogens is 2. The van der Waals surface area contributed by atoms with Crippen LogP contribution in [-0.2, 0) is 9.59 Å². The molecule has 0 saturated carbocycles. The van der Waals surface area contributed by atoms with E-state index in [0.29, 0.717) is 21.7 Å². The van der Waals surface area contributed by atoms with Crippen molar-refractivity contribution in [1.82, 2.24) is 14.8 Å². The number of anilines is 2. The van der Waals surface area contributed by atoms with E-state index in [4.69, 9.17) is 23.2 Å². The third-order valence-electron chi connectivity index (χ3n) is 2.99. The zero-order valence-electron chi connectivity index (χ0n) is 10.5. The molecule has 0 unspecified atom stereocenters. The zero-order valence-corrected chi connectivity index (χ0v) is 12.0. The fourth-order valence-electron chi connectivity index (χ4n) is 2.01. The second-order valence-corrected chi connectivity index (χ2v) is 5.23. The second-order valence-electron chi connectivity index (χ2n) is 4.41. The van der Waals surface area contributed by atoms with Crippen LogP contribution in [0.4, 0.5) is 11.6 Å². The summed E-state index contributed by atoms with van der Waals surface area (Å²) in [4.78, 5) is 27.6. The number of hydrogen-bond acceptors (Lipinski definition) is 4. The van der Waals surface area contributed by atoms with Gasteiger partial charge in [0.25, 0.3) is 5.91 Å². The Morgan fingerprint density at radius 1 is 1.38 bits per heavy atom. The van der Waals surface area contributed by atoms with Gasteiger partial charge in [-0.2, -0.15) is 10.1 Å². The predicted octanol–water partition coefficient (Wildman–Crippen LogP) is 2.11. The first-order chi connectivity index (χ1) is 10.0. The van der Waals surface area contributed by atoms with Crippen molar-refractivity contribution in [3.05, 3.63) is 34.6 Å². The van der Waals surface area contributed by atoms with E-state index < -0.39 is 6.04 Å². The number of aromatic nitrogens is 3. The van der Waals surface area contributed by atoms with Gasteiger partial charge in [-0.1, -0.05) is 23.2 Å². The lowest BCUT2D eigenvalue weighted by atomic mass is 10.2. The minimum absolute atomic E-state index is 0.0531. The highest BCUT2D eigenvalue weighted by atomic mass is 35.5. The monoisotopic (exact) mass is 325 g/mol. The van der Waals surface area contributed by atoms with Gasteiger partial charge in [0, 0.05) is 5.69 Å². The van der Waals surface area contributed by atoms with Gasteiger partial charge in [-0.15, -0.1) is 0 Å². The smallest absolute Gasteiger partial charge is 0.252 e. The summed E-state index contributed by atoms with van der Waals surface area (Å²) in [5.41, 5.74) is 0.506. The molecular formula is C12H9Cl2N5O2. The molecule has 1 aliphatic heterocycles. The van der Waals surface area contributed by atoms with Gasteiger partial charge in [-0.25, -0.2) is 4.68 Å². The quantitative estimate of drug-likeness (QED) is 0.904. The third-order valence-corrected chi connectivity index (χ3v) is 3.73. The lowest BCUT2D eigenvalue weighted by molar-refractivity contribution is -0.123. The standard InChI is InChI=1S/C12H9Cl2N5O2/c13-7-2-1-6(3-8(7)14)17-10(20)4-9-11(21)18-12-15-5-16-19(9)12/h1-3,5,9H,4H2,(H,17,20)(H,15,16,18,21)/t9-/m0/s1.